The van der Waals surface area contributed by atoms with Gasteiger partial charge in [0.25, 0.3) is 0 Å². The summed E-state index contributed by atoms with van der Waals surface area (Å²) in [5.74, 6) is 0.845. The number of rotatable bonds is 7. The number of nitrogens with zero attached hydrogens (tertiary/aromatic N) is 3. The summed E-state index contributed by atoms with van der Waals surface area (Å²) >= 11 is 0. The highest BCUT2D eigenvalue weighted by Gasteiger charge is 2.13. The van der Waals surface area contributed by atoms with Gasteiger partial charge in [0, 0.05) is 34.3 Å². The van der Waals surface area contributed by atoms with Crippen molar-refractivity contribution >= 4 is 17.1 Å². The molecule has 0 unspecified atom stereocenters. The number of ether oxygens (including phenoxy) is 1. The first-order valence-electron chi connectivity index (χ1n) is 10.2. The summed E-state index contributed by atoms with van der Waals surface area (Å²) in [4.78, 5) is 0. The lowest BCUT2D eigenvalue weighted by Gasteiger charge is -2.09. The molecule has 0 spiro atoms. The second-order valence-corrected chi connectivity index (χ2v) is 7.32. The van der Waals surface area contributed by atoms with E-state index in [0.717, 1.165) is 39.0 Å². The first kappa shape index (κ1) is 20.2. The topological polar surface area (TPSA) is 62.3 Å². The van der Waals surface area contributed by atoms with E-state index in [1.165, 1.54) is 0 Å². The second kappa shape index (κ2) is 9.19. The quantitative estimate of drug-likeness (QED) is 0.346. The number of nitriles is 1. The largest absolute Gasteiger partial charge is 0.496 e. The maximum absolute atomic E-state index is 9.21. The average Bonchev–Trinajstić information content (AvgIpc) is 3.08. The zero-order chi connectivity index (χ0) is 21.6. The Morgan fingerprint density at radius 3 is 2.71 bits per heavy atom. The van der Waals surface area contributed by atoms with Crippen molar-refractivity contribution in [1.82, 2.24) is 9.99 Å². The zero-order valence-electron chi connectivity index (χ0n) is 17.7. The molecular formula is C26H24N4O. The summed E-state index contributed by atoms with van der Waals surface area (Å²) in [5.41, 5.74) is 9.32. The van der Waals surface area contributed by atoms with Crippen LogP contribution in [-0.2, 0) is 13.1 Å². The van der Waals surface area contributed by atoms with Crippen LogP contribution in [0.15, 0.2) is 77.9 Å². The molecule has 154 valence electrons. The molecule has 31 heavy (non-hydrogen) atoms. The van der Waals surface area contributed by atoms with Gasteiger partial charge >= 0.3 is 0 Å². The van der Waals surface area contributed by atoms with Gasteiger partial charge in [-0.3, -0.25) is 0 Å². The predicted molar refractivity (Wildman–Crippen MR) is 124 cm³/mol. The molecule has 0 amide bonds. The van der Waals surface area contributed by atoms with Crippen LogP contribution < -0.4 is 10.2 Å². The van der Waals surface area contributed by atoms with Crippen LogP contribution in [0, 0.1) is 18.3 Å². The minimum atomic E-state index is 0.582. The lowest BCUT2D eigenvalue weighted by atomic mass is 10.1. The molecule has 0 atom stereocenters. The van der Waals surface area contributed by atoms with Crippen LogP contribution in [0.4, 0.5) is 0 Å². The van der Waals surface area contributed by atoms with E-state index in [-0.39, 0.29) is 0 Å². The summed E-state index contributed by atoms with van der Waals surface area (Å²) in [5, 5.41) is 14.8. The van der Waals surface area contributed by atoms with Crippen LogP contribution in [0.5, 0.6) is 5.75 Å². The number of hydrogen-bond acceptors (Lipinski definition) is 4. The van der Waals surface area contributed by atoms with Crippen molar-refractivity contribution < 1.29 is 4.74 Å². The van der Waals surface area contributed by atoms with Gasteiger partial charge in [0.15, 0.2) is 0 Å². The van der Waals surface area contributed by atoms with E-state index in [1.807, 2.05) is 60.8 Å². The highest BCUT2D eigenvalue weighted by molar-refractivity contribution is 6.01. The van der Waals surface area contributed by atoms with Gasteiger partial charge in [-0.1, -0.05) is 48.5 Å². The van der Waals surface area contributed by atoms with Gasteiger partial charge in [0.05, 0.1) is 31.5 Å². The first-order valence-corrected chi connectivity index (χ1v) is 10.2. The molecule has 1 aromatic heterocycles. The van der Waals surface area contributed by atoms with Crippen molar-refractivity contribution in [2.45, 2.75) is 20.0 Å². The normalized spacial score (nSPS) is 11.0. The molecular weight excluding hydrogens is 384 g/mol. The van der Waals surface area contributed by atoms with Gasteiger partial charge in [-0.15, -0.1) is 0 Å². The smallest absolute Gasteiger partial charge is 0.123 e. The fraction of sp³-hybridized carbons (Fsp3) is 0.154. The minimum absolute atomic E-state index is 0.582. The number of hydrazone groups is 1. The van der Waals surface area contributed by atoms with Gasteiger partial charge in [-0.25, -0.2) is 0 Å². The summed E-state index contributed by atoms with van der Waals surface area (Å²) in [6, 6.07) is 26.2. The van der Waals surface area contributed by atoms with Crippen LogP contribution in [-0.4, -0.2) is 17.9 Å². The van der Waals surface area contributed by atoms with Crippen molar-refractivity contribution in [3.63, 3.8) is 0 Å². The maximum atomic E-state index is 9.21. The standard InChI is InChI=1S/C26H24N4O/c1-19-24(17-29-28-16-22-10-3-6-13-26(22)31-2)23-11-4-5-12-25(23)30(19)18-21-9-7-8-20(14-21)15-27/h3-14,17,28H,16,18H2,1-2H3/b29-17+. The van der Waals surface area contributed by atoms with Gasteiger partial charge < -0.3 is 14.7 Å². The van der Waals surface area contributed by atoms with E-state index < -0.39 is 0 Å². The van der Waals surface area contributed by atoms with Crippen LogP contribution in [0.1, 0.15) is 27.9 Å². The Hall–Kier alpha value is -4.04. The van der Waals surface area contributed by atoms with E-state index in [9.17, 15) is 5.26 Å². The summed E-state index contributed by atoms with van der Waals surface area (Å²) in [6.07, 6.45) is 1.88. The van der Waals surface area contributed by atoms with Crippen LogP contribution in [0.25, 0.3) is 10.9 Å². The molecule has 4 aromatic rings. The highest BCUT2D eigenvalue weighted by Crippen LogP contribution is 2.26. The highest BCUT2D eigenvalue weighted by atomic mass is 16.5. The SMILES string of the molecule is COc1ccccc1CN/N=C/c1c(C)n(Cc2cccc(C#N)c2)c2ccccc12. The molecule has 4 rings (SSSR count). The molecule has 0 saturated carbocycles. The van der Waals surface area contributed by atoms with Crippen LogP contribution >= 0.6 is 0 Å². The molecule has 1 N–H and O–H groups in total. The van der Waals surface area contributed by atoms with Crippen molar-refractivity contribution in [2.24, 2.45) is 5.10 Å². The second-order valence-electron chi connectivity index (χ2n) is 7.32. The molecule has 0 bridgehead atoms. The Bertz CT molecular complexity index is 1280. The van der Waals surface area contributed by atoms with E-state index in [2.05, 4.69) is 46.3 Å². The predicted octanol–water partition coefficient (Wildman–Crippen LogP) is 5.00. The summed E-state index contributed by atoms with van der Waals surface area (Å²) in [6.45, 7) is 3.39. The first-order chi connectivity index (χ1) is 15.2. The Morgan fingerprint density at radius 1 is 1.06 bits per heavy atom. The molecule has 0 aliphatic rings. The van der Waals surface area contributed by atoms with Crippen LogP contribution in [0.2, 0.25) is 0 Å². The molecule has 5 nitrogen and oxygen atoms in total. The Balaban J connectivity index is 1.60. The molecule has 5 heteroatoms. The van der Waals surface area contributed by atoms with Crippen LogP contribution in [0.3, 0.4) is 0 Å². The fourth-order valence-electron chi connectivity index (χ4n) is 3.84. The summed E-state index contributed by atoms with van der Waals surface area (Å²) < 4.78 is 7.67. The van der Waals surface area contributed by atoms with Crippen molar-refractivity contribution in [3.05, 3.63) is 101 Å². The number of hydrogen-bond donors (Lipinski definition) is 1. The average molecular weight is 409 g/mol. The van der Waals surface area contributed by atoms with Gasteiger partial charge in [-0.05, 0) is 36.8 Å². The van der Waals surface area contributed by atoms with Gasteiger partial charge in [-0.2, -0.15) is 10.4 Å². The minimum Gasteiger partial charge on any atom is -0.496 e. The zero-order valence-corrected chi connectivity index (χ0v) is 17.7. The van der Waals surface area contributed by atoms with Crippen molar-refractivity contribution in [3.8, 4) is 11.8 Å². The maximum Gasteiger partial charge on any atom is 0.123 e. The molecule has 0 aliphatic heterocycles. The van der Waals surface area contributed by atoms with E-state index in [0.29, 0.717) is 18.7 Å². The van der Waals surface area contributed by atoms with E-state index in [4.69, 9.17) is 4.74 Å². The van der Waals surface area contributed by atoms with Gasteiger partial charge in [0.1, 0.15) is 5.75 Å². The third-order valence-corrected chi connectivity index (χ3v) is 5.42. The van der Waals surface area contributed by atoms with Crippen molar-refractivity contribution in [1.29, 1.82) is 5.26 Å². The number of para-hydroxylation sites is 2. The monoisotopic (exact) mass is 408 g/mol. The lowest BCUT2D eigenvalue weighted by molar-refractivity contribution is 0.408. The Morgan fingerprint density at radius 2 is 1.87 bits per heavy atom. The molecule has 3 aromatic carbocycles. The molecule has 0 aliphatic carbocycles. The van der Waals surface area contributed by atoms with E-state index >= 15 is 0 Å². The number of fused-ring (bicyclic) bond motifs is 1. The summed E-state index contributed by atoms with van der Waals surface area (Å²) in [7, 11) is 1.67. The molecule has 0 fully saturated rings. The number of aromatic nitrogens is 1. The number of nitrogens with one attached hydrogen (secondary N) is 1. The molecule has 0 radical (unpaired) electrons. The Kier molecular flexibility index (Phi) is 6.00. The third-order valence-electron chi connectivity index (χ3n) is 5.42. The molecule has 0 saturated heterocycles. The van der Waals surface area contributed by atoms with Gasteiger partial charge in [0.2, 0.25) is 0 Å². The lowest BCUT2D eigenvalue weighted by Crippen LogP contribution is -2.07. The third kappa shape index (κ3) is 4.29. The van der Waals surface area contributed by atoms with Crippen molar-refractivity contribution in [2.75, 3.05) is 7.11 Å². The molecule has 1 heterocycles. The fourth-order valence-corrected chi connectivity index (χ4v) is 3.84. The van der Waals surface area contributed by atoms with E-state index in [1.54, 1.807) is 7.11 Å². The Labute approximate surface area is 182 Å². The number of benzene rings is 3. The number of methoxy groups -OCH3 is 1.